The van der Waals surface area contributed by atoms with E-state index in [-0.39, 0.29) is 12.3 Å². The molecule has 0 aromatic heterocycles. The highest BCUT2D eigenvalue weighted by Crippen LogP contribution is 2.19. The van der Waals surface area contributed by atoms with Gasteiger partial charge in [0.2, 0.25) is 5.91 Å². The van der Waals surface area contributed by atoms with Crippen LogP contribution in [0, 0.1) is 0 Å². The standard InChI is InChI=1S/C20H24F2N4O3/c1-2-24-20(25-11-13-3-5-15(6-4-13)18(23)28)26-12-17(27)14-7-9-16(10-8-14)29-19(21)22/h3-10,17,19,27H,2,11-12H2,1H3,(H2,23,28)(H2,24,25,26). The van der Waals surface area contributed by atoms with E-state index in [2.05, 4.69) is 20.4 Å². The Kier molecular flexibility index (Phi) is 8.35. The molecule has 0 bridgehead atoms. The van der Waals surface area contributed by atoms with Crippen LogP contribution in [0.4, 0.5) is 8.78 Å². The summed E-state index contributed by atoms with van der Waals surface area (Å²) in [7, 11) is 0. The molecule has 0 saturated carbocycles. The molecule has 0 heterocycles. The fraction of sp³-hybridized carbons (Fsp3) is 0.300. The lowest BCUT2D eigenvalue weighted by Gasteiger charge is -2.16. The molecule has 156 valence electrons. The van der Waals surface area contributed by atoms with Gasteiger partial charge in [0.25, 0.3) is 0 Å². The minimum atomic E-state index is -2.89. The smallest absolute Gasteiger partial charge is 0.387 e. The van der Waals surface area contributed by atoms with Crippen LogP contribution in [0.5, 0.6) is 5.75 Å². The lowest BCUT2D eigenvalue weighted by atomic mass is 10.1. The van der Waals surface area contributed by atoms with E-state index in [4.69, 9.17) is 5.73 Å². The van der Waals surface area contributed by atoms with Gasteiger partial charge in [-0.15, -0.1) is 0 Å². The van der Waals surface area contributed by atoms with Crippen LogP contribution in [0.1, 0.15) is 34.5 Å². The Bertz CT molecular complexity index is 811. The van der Waals surface area contributed by atoms with Crippen molar-refractivity contribution in [1.82, 2.24) is 10.6 Å². The maximum absolute atomic E-state index is 12.2. The molecule has 5 N–H and O–H groups in total. The zero-order valence-corrected chi connectivity index (χ0v) is 15.9. The van der Waals surface area contributed by atoms with Crippen molar-refractivity contribution in [2.24, 2.45) is 10.7 Å². The van der Waals surface area contributed by atoms with E-state index in [1.54, 1.807) is 24.3 Å². The molecule has 0 aliphatic heterocycles. The van der Waals surface area contributed by atoms with Crippen LogP contribution in [0.25, 0.3) is 0 Å². The lowest BCUT2D eigenvalue weighted by Crippen LogP contribution is -2.39. The Morgan fingerprint density at radius 2 is 1.79 bits per heavy atom. The summed E-state index contributed by atoms with van der Waals surface area (Å²) < 4.78 is 28.7. The van der Waals surface area contributed by atoms with Crippen molar-refractivity contribution in [1.29, 1.82) is 0 Å². The first kappa shape index (κ1) is 22.1. The number of guanidine groups is 1. The van der Waals surface area contributed by atoms with E-state index in [9.17, 15) is 18.7 Å². The van der Waals surface area contributed by atoms with Crippen molar-refractivity contribution in [3.8, 4) is 5.75 Å². The first-order valence-corrected chi connectivity index (χ1v) is 9.02. The quantitative estimate of drug-likeness (QED) is 0.377. The molecule has 0 fully saturated rings. The van der Waals surface area contributed by atoms with Gasteiger partial charge < -0.3 is 26.2 Å². The van der Waals surface area contributed by atoms with E-state index in [1.807, 2.05) is 6.92 Å². The molecule has 7 nitrogen and oxygen atoms in total. The Morgan fingerprint density at radius 1 is 1.14 bits per heavy atom. The van der Waals surface area contributed by atoms with Gasteiger partial charge >= 0.3 is 6.61 Å². The topological polar surface area (TPSA) is 109 Å². The first-order chi connectivity index (χ1) is 13.9. The number of ether oxygens (including phenoxy) is 1. The minimum absolute atomic E-state index is 0.0289. The summed E-state index contributed by atoms with van der Waals surface area (Å²) in [5.41, 5.74) is 7.09. The number of hydrogen-bond donors (Lipinski definition) is 4. The van der Waals surface area contributed by atoms with E-state index in [1.165, 1.54) is 24.3 Å². The van der Waals surface area contributed by atoms with Crippen molar-refractivity contribution in [2.45, 2.75) is 26.2 Å². The predicted octanol–water partition coefficient (Wildman–Crippen LogP) is 2.18. The van der Waals surface area contributed by atoms with E-state index in [0.29, 0.717) is 30.2 Å². The fourth-order valence-corrected chi connectivity index (χ4v) is 2.47. The predicted molar refractivity (Wildman–Crippen MR) is 106 cm³/mol. The van der Waals surface area contributed by atoms with Crippen LogP contribution >= 0.6 is 0 Å². The number of primary amides is 1. The third-order valence-electron chi connectivity index (χ3n) is 3.96. The second kappa shape index (κ2) is 11.0. The monoisotopic (exact) mass is 406 g/mol. The molecule has 29 heavy (non-hydrogen) atoms. The summed E-state index contributed by atoms with van der Waals surface area (Å²) in [4.78, 5) is 15.5. The van der Waals surface area contributed by atoms with Gasteiger partial charge in [-0.2, -0.15) is 8.78 Å². The summed E-state index contributed by atoms with van der Waals surface area (Å²) in [5, 5.41) is 16.4. The molecule has 0 saturated heterocycles. The normalized spacial score (nSPS) is 12.5. The molecule has 0 spiro atoms. The van der Waals surface area contributed by atoms with Crippen molar-refractivity contribution >= 4 is 11.9 Å². The summed E-state index contributed by atoms with van der Waals surface area (Å²) in [6.45, 7) is 0.184. The Morgan fingerprint density at radius 3 is 2.34 bits per heavy atom. The summed E-state index contributed by atoms with van der Waals surface area (Å²) in [6.07, 6.45) is -0.866. The summed E-state index contributed by atoms with van der Waals surface area (Å²) >= 11 is 0. The number of aliphatic imine (C=N–C) groups is 1. The van der Waals surface area contributed by atoms with Crippen LogP contribution in [-0.2, 0) is 6.54 Å². The molecule has 0 aliphatic carbocycles. The molecule has 1 amide bonds. The molecule has 2 aromatic carbocycles. The van der Waals surface area contributed by atoms with Crippen LogP contribution < -0.4 is 21.1 Å². The van der Waals surface area contributed by atoms with E-state index >= 15 is 0 Å². The van der Waals surface area contributed by atoms with Gasteiger partial charge in [0.05, 0.1) is 12.6 Å². The number of carbonyl (C=O) groups excluding carboxylic acids is 1. The number of rotatable bonds is 9. The van der Waals surface area contributed by atoms with Crippen LogP contribution in [-0.4, -0.2) is 36.7 Å². The molecule has 0 aliphatic rings. The molecular weight excluding hydrogens is 382 g/mol. The van der Waals surface area contributed by atoms with Crippen molar-refractivity contribution in [3.05, 3.63) is 65.2 Å². The SMILES string of the molecule is CCNC(=NCc1ccc(C(N)=O)cc1)NCC(O)c1ccc(OC(F)F)cc1. The van der Waals surface area contributed by atoms with Gasteiger partial charge in [-0.1, -0.05) is 24.3 Å². The van der Waals surface area contributed by atoms with Gasteiger partial charge in [0, 0.05) is 18.7 Å². The van der Waals surface area contributed by atoms with E-state index in [0.717, 1.165) is 5.56 Å². The zero-order valence-electron chi connectivity index (χ0n) is 15.9. The van der Waals surface area contributed by atoms with Crippen LogP contribution in [0.15, 0.2) is 53.5 Å². The van der Waals surface area contributed by atoms with Gasteiger partial charge in [-0.05, 0) is 42.3 Å². The Hall–Kier alpha value is -3.20. The number of alkyl halides is 2. The Balaban J connectivity index is 1.93. The second-order valence-corrected chi connectivity index (χ2v) is 6.10. The largest absolute Gasteiger partial charge is 0.435 e. The maximum Gasteiger partial charge on any atom is 0.387 e. The summed E-state index contributed by atoms with van der Waals surface area (Å²) in [6, 6.07) is 12.6. The molecule has 1 unspecified atom stereocenters. The number of amides is 1. The number of aliphatic hydroxyl groups excluding tert-OH is 1. The number of aliphatic hydroxyl groups is 1. The summed E-state index contributed by atoms with van der Waals surface area (Å²) in [5.74, 6) is 0.0437. The number of halogens is 2. The number of nitrogens with one attached hydrogen (secondary N) is 2. The average Bonchev–Trinajstić information content (AvgIpc) is 2.70. The van der Waals surface area contributed by atoms with Gasteiger partial charge in [0.15, 0.2) is 5.96 Å². The number of nitrogens with zero attached hydrogens (tertiary/aromatic N) is 1. The van der Waals surface area contributed by atoms with Gasteiger partial charge in [0.1, 0.15) is 5.75 Å². The third kappa shape index (κ3) is 7.38. The van der Waals surface area contributed by atoms with Crippen molar-refractivity contribution in [2.75, 3.05) is 13.1 Å². The molecule has 2 rings (SSSR count). The Labute approximate surface area is 167 Å². The molecule has 9 heteroatoms. The lowest BCUT2D eigenvalue weighted by molar-refractivity contribution is -0.0498. The number of benzene rings is 2. The van der Waals surface area contributed by atoms with Crippen LogP contribution in [0.3, 0.4) is 0 Å². The maximum atomic E-state index is 12.2. The van der Waals surface area contributed by atoms with E-state index < -0.39 is 18.6 Å². The minimum Gasteiger partial charge on any atom is -0.435 e. The fourth-order valence-electron chi connectivity index (χ4n) is 2.47. The molecule has 1 atom stereocenters. The highest BCUT2D eigenvalue weighted by molar-refractivity contribution is 5.92. The number of carbonyl (C=O) groups is 1. The highest BCUT2D eigenvalue weighted by Gasteiger charge is 2.10. The van der Waals surface area contributed by atoms with Gasteiger partial charge in [-0.3, -0.25) is 4.79 Å². The number of hydrogen-bond acceptors (Lipinski definition) is 4. The van der Waals surface area contributed by atoms with Crippen molar-refractivity contribution < 1.29 is 23.4 Å². The highest BCUT2D eigenvalue weighted by atomic mass is 19.3. The van der Waals surface area contributed by atoms with Gasteiger partial charge in [-0.25, -0.2) is 4.99 Å². The zero-order chi connectivity index (χ0) is 21.2. The third-order valence-corrected chi connectivity index (χ3v) is 3.96. The second-order valence-electron chi connectivity index (χ2n) is 6.10. The molecule has 0 radical (unpaired) electrons. The first-order valence-electron chi connectivity index (χ1n) is 9.02. The van der Waals surface area contributed by atoms with Crippen LogP contribution in [0.2, 0.25) is 0 Å². The van der Waals surface area contributed by atoms with Crippen molar-refractivity contribution in [3.63, 3.8) is 0 Å². The molecular formula is C20H24F2N4O3. The number of nitrogens with two attached hydrogens (primary N) is 1. The average molecular weight is 406 g/mol. The molecule has 2 aromatic rings.